The van der Waals surface area contributed by atoms with Crippen LogP contribution in [-0.2, 0) is 9.59 Å². The van der Waals surface area contributed by atoms with Crippen molar-refractivity contribution >= 4 is 35.1 Å². The third-order valence-electron chi connectivity index (χ3n) is 2.30. The van der Waals surface area contributed by atoms with Crippen molar-refractivity contribution in [2.24, 2.45) is 0 Å². The molecule has 0 saturated heterocycles. The third-order valence-corrected chi connectivity index (χ3v) is 2.85. The average molecular weight is 306 g/mol. The van der Waals surface area contributed by atoms with Crippen LogP contribution >= 0.6 is 23.2 Å². The second-order valence-electron chi connectivity index (χ2n) is 3.67. The smallest absolute Gasteiger partial charge is 0.323 e. The SMILES string of the molecule is CCN(CC(=O)O)C(=O)COc1cc(Cl)ccc1Cl. The highest BCUT2D eigenvalue weighted by molar-refractivity contribution is 6.34. The second kappa shape index (κ2) is 7.21. The zero-order chi connectivity index (χ0) is 14.4. The molecular formula is C12H13Cl2NO4. The van der Waals surface area contributed by atoms with Crippen molar-refractivity contribution in [3.63, 3.8) is 0 Å². The van der Waals surface area contributed by atoms with Crippen LogP contribution in [0.1, 0.15) is 6.92 Å². The first-order chi connectivity index (χ1) is 8.93. The van der Waals surface area contributed by atoms with Gasteiger partial charge in [-0.15, -0.1) is 0 Å². The van der Waals surface area contributed by atoms with Crippen LogP contribution in [0.5, 0.6) is 5.75 Å². The van der Waals surface area contributed by atoms with Crippen LogP contribution in [0.15, 0.2) is 18.2 Å². The van der Waals surface area contributed by atoms with Crippen LogP contribution in [0.2, 0.25) is 10.0 Å². The number of carbonyl (C=O) groups excluding carboxylic acids is 1. The maximum absolute atomic E-state index is 11.7. The Balaban J connectivity index is 2.62. The van der Waals surface area contributed by atoms with Gasteiger partial charge in [-0.2, -0.15) is 0 Å². The minimum absolute atomic E-state index is 0.286. The van der Waals surface area contributed by atoms with Crippen molar-refractivity contribution in [1.29, 1.82) is 0 Å². The van der Waals surface area contributed by atoms with Gasteiger partial charge in [-0.05, 0) is 19.1 Å². The van der Waals surface area contributed by atoms with Crippen molar-refractivity contribution < 1.29 is 19.4 Å². The fourth-order valence-corrected chi connectivity index (χ4v) is 1.69. The predicted octanol–water partition coefficient (Wildman–Crippen LogP) is 2.31. The van der Waals surface area contributed by atoms with Gasteiger partial charge < -0.3 is 14.7 Å². The minimum atomic E-state index is -1.07. The molecule has 1 amide bonds. The summed E-state index contributed by atoms with van der Waals surface area (Å²) in [5.41, 5.74) is 0. The van der Waals surface area contributed by atoms with Gasteiger partial charge in [-0.1, -0.05) is 23.2 Å². The number of carboxylic acids is 1. The van der Waals surface area contributed by atoms with Gasteiger partial charge in [0.15, 0.2) is 6.61 Å². The lowest BCUT2D eigenvalue weighted by molar-refractivity contribution is -0.145. The Morgan fingerprint density at radius 1 is 1.37 bits per heavy atom. The molecule has 0 radical (unpaired) electrons. The van der Waals surface area contributed by atoms with Gasteiger partial charge in [0.2, 0.25) is 0 Å². The normalized spacial score (nSPS) is 10.1. The van der Waals surface area contributed by atoms with Crippen LogP contribution in [0.3, 0.4) is 0 Å². The Morgan fingerprint density at radius 3 is 2.63 bits per heavy atom. The molecule has 0 atom stereocenters. The van der Waals surface area contributed by atoms with E-state index < -0.39 is 11.9 Å². The van der Waals surface area contributed by atoms with E-state index in [0.29, 0.717) is 10.0 Å². The summed E-state index contributed by atoms with van der Waals surface area (Å²) < 4.78 is 5.24. The molecule has 0 aliphatic carbocycles. The monoisotopic (exact) mass is 305 g/mol. The zero-order valence-electron chi connectivity index (χ0n) is 10.2. The van der Waals surface area contributed by atoms with Gasteiger partial charge in [0.25, 0.3) is 5.91 Å². The van der Waals surface area contributed by atoms with Crippen molar-refractivity contribution in [3.05, 3.63) is 28.2 Å². The van der Waals surface area contributed by atoms with Crippen LogP contribution in [-0.4, -0.2) is 41.6 Å². The molecule has 0 saturated carbocycles. The molecule has 1 N–H and O–H groups in total. The molecule has 0 aliphatic heterocycles. The Kier molecular flexibility index (Phi) is 5.92. The highest BCUT2D eigenvalue weighted by atomic mass is 35.5. The van der Waals surface area contributed by atoms with E-state index in [1.165, 1.54) is 11.0 Å². The maximum Gasteiger partial charge on any atom is 0.323 e. The van der Waals surface area contributed by atoms with Crippen molar-refractivity contribution in [2.75, 3.05) is 19.7 Å². The summed E-state index contributed by atoms with van der Waals surface area (Å²) in [6.45, 7) is 1.33. The molecule has 0 bridgehead atoms. The van der Waals surface area contributed by atoms with Gasteiger partial charge in [0.05, 0.1) is 5.02 Å². The molecule has 104 valence electrons. The van der Waals surface area contributed by atoms with Gasteiger partial charge in [-0.25, -0.2) is 0 Å². The van der Waals surface area contributed by atoms with Crippen LogP contribution in [0.4, 0.5) is 0 Å². The number of hydrogen-bond donors (Lipinski definition) is 1. The highest BCUT2D eigenvalue weighted by Crippen LogP contribution is 2.27. The predicted molar refractivity (Wildman–Crippen MR) is 71.8 cm³/mol. The van der Waals surface area contributed by atoms with Gasteiger partial charge >= 0.3 is 5.97 Å². The van der Waals surface area contributed by atoms with E-state index in [4.69, 9.17) is 33.0 Å². The first-order valence-corrected chi connectivity index (χ1v) is 6.27. The summed E-state index contributed by atoms with van der Waals surface area (Å²) in [5.74, 6) is -1.22. The molecule has 0 heterocycles. The van der Waals surface area contributed by atoms with Crippen LogP contribution < -0.4 is 4.74 Å². The number of benzene rings is 1. The van der Waals surface area contributed by atoms with Crippen molar-refractivity contribution in [1.82, 2.24) is 4.90 Å². The quantitative estimate of drug-likeness (QED) is 0.876. The second-order valence-corrected chi connectivity index (χ2v) is 4.51. The van der Waals surface area contributed by atoms with Crippen LogP contribution in [0.25, 0.3) is 0 Å². The topological polar surface area (TPSA) is 66.8 Å². The van der Waals surface area contributed by atoms with E-state index in [9.17, 15) is 9.59 Å². The zero-order valence-corrected chi connectivity index (χ0v) is 11.7. The number of aliphatic carboxylic acids is 1. The molecule has 0 aliphatic rings. The van der Waals surface area contributed by atoms with E-state index in [1.54, 1.807) is 19.1 Å². The fraction of sp³-hybridized carbons (Fsp3) is 0.333. The maximum atomic E-state index is 11.7. The van der Waals surface area contributed by atoms with E-state index in [1.807, 2.05) is 0 Å². The average Bonchev–Trinajstić information content (AvgIpc) is 2.36. The van der Waals surface area contributed by atoms with Crippen molar-refractivity contribution in [2.45, 2.75) is 6.92 Å². The standard InChI is InChI=1S/C12H13Cl2NO4/c1-2-15(6-12(17)18)11(16)7-19-10-5-8(13)3-4-9(10)14/h3-5H,2,6-7H2,1H3,(H,17,18). The number of carboxylic acid groups (broad SMARTS) is 1. The molecule has 1 aromatic carbocycles. The molecular weight excluding hydrogens is 293 g/mol. The molecule has 1 rings (SSSR count). The number of nitrogens with zero attached hydrogens (tertiary/aromatic N) is 1. The van der Waals surface area contributed by atoms with Crippen molar-refractivity contribution in [3.8, 4) is 5.75 Å². The number of hydrogen-bond acceptors (Lipinski definition) is 3. The lowest BCUT2D eigenvalue weighted by Crippen LogP contribution is -2.38. The molecule has 19 heavy (non-hydrogen) atoms. The highest BCUT2D eigenvalue weighted by Gasteiger charge is 2.16. The van der Waals surface area contributed by atoms with E-state index >= 15 is 0 Å². The lowest BCUT2D eigenvalue weighted by atomic mass is 10.3. The van der Waals surface area contributed by atoms with Gasteiger partial charge in [-0.3, -0.25) is 9.59 Å². The summed E-state index contributed by atoms with van der Waals surface area (Å²) >= 11 is 11.7. The van der Waals surface area contributed by atoms with E-state index in [-0.39, 0.29) is 25.4 Å². The minimum Gasteiger partial charge on any atom is -0.482 e. The van der Waals surface area contributed by atoms with Gasteiger partial charge in [0, 0.05) is 17.6 Å². The molecule has 0 aromatic heterocycles. The summed E-state index contributed by atoms with van der Waals surface area (Å²) in [4.78, 5) is 23.5. The Bertz CT molecular complexity index is 479. The summed E-state index contributed by atoms with van der Waals surface area (Å²) in [6, 6.07) is 4.64. The molecule has 0 unspecified atom stereocenters. The Hall–Kier alpha value is -1.46. The number of amides is 1. The van der Waals surface area contributed by atoms with E-state index in [2.05, 4.69) is 0 Å². The first-order valence-electron chi connectivity index (χ1n) is 5.51. The Labute approximate surface area is 120 Å². The first kappa shape index (κ1) is 15.6. The summed E-state index contributed by atoms with van der Waals surface area (Å²) in [5, 5.41) is 9.42. The summed E-state index contributed by atoms with van der Waals surface area (Å²) in [7, 11) is 0. The number of ether oxygens (including phenoxy) is 1. The molecule has 7 heteroatoms. The molecule has 5 nitrogen and oxygen atoms in total. The van der Waals surface area contributed by atoms with Gasteiger partial charge in [0.1, 0.15) is 12.3 Å². The van der Waals surface area contributed by atoms with E-state index in [0.717, 1.165) is 0 Å². The number of likely N-dealkylation sites (N-methyl/N-ethyl adjacent to an activating group) is 1. The summed E-state index contributed by atoms with van der Waals surface area (Å²) in [6.07, 6.45) is 0. The molecule has 0 fully saturated rings. The number of halogens is 2. The largest absolute Gasteiger partial charge is 0.482 e. The Morgan fingerprint density at radius 2 is 2.05 bits per heavy atom. The number of rotatable bonds is 6. The third kappa shape index (κ3) is 4.96. The van der Waals surface area contributed by atoms with Crippen LogP contribution in [0, 0.1) is 0 Å². The number of carbonyl (C=O) groups is 2. The fourth-order valence-electron chi connectivity index (χ4n) is 1.36. The molecule has 0 spiro atoms. The molecule has 1 aromatic rings. The lowest BCUT2D eigenvalue weighted by Gasteiger charge is -2.18.